The molecule has 1 saturated heterocycles. The Kier molecular flexibility index (Phi) is 14.1. The maximum Gasteiger partial charge on any atom is 0.296 e. The van der Waals surface area contributed by atoms with Crippen molar-refractivity contribution in [2.24, 2.45) is 15.8 Å². The van der Waals surface area contributed by atoms with E-state index in [-0.39, 0.29) is 50.6 Å². The molecule has 0 unspecified atom stereocenters. The highest BCUT2D eigenvalue weighted by molar-refractivity contribution is 7.89. The van der Waals surface area contributed by atoms with Crippen molar-refractivity contribution >= 4 is 71.4 Å². The van der Waals surface area contributed by atoms with Gasteiger partial charge in [-0.1, -0.05) is 78.3 Å². The van der Waals surface area contributed by atoms with Crippen LogP contribution in [0.5, 0.6) is 0 Å². The van der Waals surface area contributed by atoms with Gasteiger partial charge in [-0.05, 0) is 123 Å². The van der Waals surface area contributed by atoms with E-state index < -0.39 is 25.0 Å². The van der Waals surface area contributed by atoms with Gasteiger partial charge in [0.05, 0.1) is 15.9 Å². The molecule has 7 rings (SSSR count). The maximum atomic E-state index is 14.6. The summed E-state index contributed by atoms with van der Waals surface area (Å²) < 4.78 is 75.4. The molecule has 15 heteroatoms. The molecule has 4 N–H and O–H groups in total. The van der Waals surface area contributed by atoms with Crippen LogP contribution in [0.2, 0.25) is 0 Å². The number of hydrogen-bond acceptors (Lipinski definition) is 9. The third-order valence-corrected chi connectivity index (χ3v) is 15.3. The van der Waals surface area contributed by atoms with E-state index in [2.05, 4.69) is 16.0 Å². The summed E-state index contributed by atoms with van der Waals surface area (Å²) in [5, 5.41) is 10.1. The van der Waals surface area contributed by atoms with Gasteiger partial charge in [-0.3, -0.25) is 14.1 Å². The van der Waals surface area contributed by atoms with Gasteiger partial charge in [-0.25, -0.2) is 13.4 Å². The third kappa shape index (κ3) is 11.1. The molecule has 3 aliphatic rings. The fraction of sp³-hybridized carbons (Fsp3) is 0.389. The quantitative estimate of drug-likeness (QED) is 0.0724. The lowest BCUT2D eigenvalue weighted by molar-refractivity contribution is -0.118. The third-order valence-electron chi connectivity index (χ3n) is 12.5. The Morgan fingerprint density at radius 2 is 1.23 bits per heavy atom. The molecule has 0 saturated carbocycles. The normalized spacial score (nSPS) is 14.4. The van der Waals surface area contributed by atoms with Gasteiger partial charge in [0.25, 0.3) is 10.1 Å². The van der Waals surface area contributed by atoms with Crippen LogP contribution < -0.4 is 21.3 Å². The number of piperidine rings is 1. The number of carbonyl (C=O) groups is 2. The largest absolute Gasteiger partial charge is 0.456 e. The SMILES string of the molecule is Cc1cc(C)c(NC(=O)CC(C)(C)C)c(C)c1/N=c1\cc2oc3cc(Nc4c(C)cc(C)c(NC(=O)CC(C)(C)C)c4C)ccc3c(-c3ccccc3S(=O)(=O)N3CCCCC3)c-2cc1S(=O)(=O)O. The Balaban J connectivity index is 1.49. The van der Waals surface area contributed by atoms with Crippen LogP contribution >= 0.6 is 0 Å². The number of nitrogens with one attached hydrogen (secondary N) is 3. The lowest BCUT2D eigenvalue weighted by Crippen LogP contribution is -2.35. The molecular weight excluding hydrogens is 911 g/mol. The van der Waals surface area contributed by atoms with E-state index in [1.807, 2.05) is 94.4 Å². The van der Waals surface area contributed by atoms with Crippen LogP contribution in [0.3, 0.4) is 0 Å². The van der Waals surface area contributed by atoms with Crippen LogP contribution in [0, 0.1) is 52.4 Å². The molecule has 0 spiro atoms. The van der Waals surface area contributed by atoms with Gasteiger partial charge in [-0.15, -0.1) is 0 Å². The highest BCUT2D eigenvalue weighted by Crippen LogP contribution is 2.45. The number of anilines is 4. The first-order valence-corrected chi connectivity index (χ1v) is 26.3. The predicted molar refractivity (Wildman–Crippen MR) is 276 cm³/mol. The molecule has 0 bridgehead atoms. The van der Waals surface area contributed by atoms with Gasteiger partial charge < -0.3 is 20.4 Å². The maximum absolute atomic E-state index is 14.6. The summed E-state index contributed by atoms with van der Waals surface area (Å²) in [4.78, 5) is 30.8. The number of sulfonamides is 1. The summed E-state index contributed by atoms with van der Waals surface area (Å²) >= 11 is 0. The fourth-order valence-corrected chi connectivity index (χ4v) is 11.8. The second kappa shape index (κ2) is 19.1. The van der Waals surface area contributed by atoms with Crippen LogP contribution in [-0.2, 0) is 29.7 Å². The Hall–Kier alpha value is -5.87. The van der Waals surface area contributed by atoms with Gasteiger partial charge in [-0.2, -0.15) is 12.7 Å². The zero-order valence-electron chi connectivity index (χ0n) is 41.8. The van der Waals surface area contributed by atoms with Crippen LogP contribution in [0.25, 0.3) is 33.4 Å². The molecule has 1 fully saturated rings. The molecule has 69 heavy (non-hydrogen) atoms. The van der Waals surface area contributed by atoms with Crippen molar-refractivity contribution < 1.29 is 35.4 Å². The molecule has 1 aliphatic carbocycles. The van der Waals surface area contributed by atoms with Gasteiger partial charge >= 0.3 is 0 Å². The summed E-state index contributed by atoms with van der Waals surface area (Å²) in [6.07, 6.45) is 2.99. The molecule has 2 aliphatic heterocycles. The topological polar surface area (TPSA) is 187 Å². The Bertz CT molecular complexity index is 3300. The first-order valence-electron chi connectivity index (χ1n) is 23.4. The van der Waals surface area contributed by atoms with E-state index in [0.29, 0.717) is 75.5 Å². The van der Waals surface area contributed by atoms with E-state index in [9.17, 15) is 31.0 Å². The minimum Gasteiger partial charge on any atom is -0.456 e. The van der Waals surface area contributed by atoms with E-state index in [0.717, 1.165) is 47.2 Å². The zero-order chi connectivity index (χ0) is 50.5. The number of fused-ring (bicyclic) bond motifs is 2. The number of benzene rings is 5. The minimum absolute atomic E-state index is 0.0453. The number of aryl methyl sites for hydroxylation is 4. The van der Waals surface area contributed by atoms with Crippen LogP contribution in [-0.4, -0.2) is 50.6 Å². The standard InChI is InChI=1S/C54H65N5O8S2/c1-31-24-33(3)51(57-46(60)29-53(7,8)9)35(5)49(31)55-37-20-21-38-42(26-37)67-43-28-41(56-50-32(2)25-34(4)52(36(50)6)58-47(61)30-54(10,11)12)45(69(64,65)66)27-40(43)48(38)39-18-14-15-19-44(39)68(62,63)59-22-16-13-17-23-59/h14-15,18-21,24-28,55H,13,16-17,22-23,29-30H2,1-12H3,(H,57,60)(H,58,61)(H,64,65,66)/b56-41+. The number of hydrogen-bond donors (Lipinski definition) is 4. The molecule has 2 heterocycles. The van der Waals surface area contributed by atoms with Crippen molar-refractivity contribution in [2.45, 2.75) is 125 Å². The first-order chi connectivity index (χ1) is 32.1. The van der Waals surface area contributed by atoms with Gasteiger partial charge in [0, 0.05) is 82.9 Å². The molecule has 4 aromatic rings. The summed E-state index contributed by atoms with van der Waals surface area (Å²) in [5.74, 6) is -0.105. The molecule has 2 amide bonds. The average molecular weight is 976 g/mol. The second-order valence-corrected chi connectivity index (χ2v) is 24.3. The smallest absolute Gasteiger partial charge is 0.296 e. The molecular formula is C54H65N5O8S2. The van der Waals surface area contributed by atoms with Crippen molar-refractivity contribution in [3.05, 3.63) is 105 Å². The number of nitrogens with zero attached hydrogens (tertiary/aromatic N) is 2. The number of carbonyl (C=O) groups excluding carboxylic acids is 2. The Morgan fingerprint density at radius 3 is 1.83 bits per heavy atom. The fourth-order valence-electron chi connectivity index (χ4n) is 9.42. The van der Waals surface area contributed by atoms with E-state index >= 15 is 0 Å². The molecule has 13 nitrogen and oxygen atoms in total. The van der Waals surface area contributed by atoms with Crippen molar-refractivity contribution in [3.8, 4) is 22.5 Å². The monoisotopic (exact) mass is 975 g/mol. The first kappa shape index (κ1) is 51.0. The van der Waals surface area contributed by atoms with Crippen LogP contribution in [0.15, 0.2) is 85.9 Å². The van der Waals surface area contributed by atoms with E-state index in [1.54, 1.807) is 43.3 Å². The van der Waals surface area contributed by atoms with Crippen LogP contribution in [0.4, 0.5) is 28.4 Å². The molecule has 0 radical (unpaired) electrons. The van der Waals surface area contributed by atoms with E-state index in [4.69, 9.17) is 9.41 Å². The van der Waals surface area contributed by atoms with Crippen LogP contribution in [0.1, 0.15) is 107 Å². The summed E-state index contributed by atoms with van der Waals surface area (Å²) in [7, 11) is -9.02. The summed E-state index contributed by atoms with van der Waals surface area (Å²) in [6, 6.07) is 18.7. The van der Waals surface area contributed by atoms with Crippen molar-refractivity contribution in [1.82, 2.24) is 4.31 Å². The average Bonchev–Trinajstić information content (AvgIpc) is 3.24. The van der Waals surface area contributed by atoms with Gasteiger partial charge in [0.2, 0.25) is 21.8 Å². The minimum atomic E-state index is -4.98. The van der Waals surface area contributed by atoms with Gasteiger partial charge in [0.1, 0.15) is 16.2 Å². The summed E-state index contributed by atoms with van der Waals surface area (Å²) in [6.45, 7) is 24.1. The van der Waals surface area contributed by atoms with Crippen molar-refractivity contribution in [3.63, 3.8) is 0 Å². The highest BCUT2D eigenvalue weighted by atomic mass is 32.2. The Labute approximate surface area is 407 Å². The number of amides is 2. The van der Waals surface area contributed by atoms with Crippen molar-refractivity contribution in [2.75, 3.05) is 29.0 Å². The lowest BCUT2D eigenvalue weighted by atomic mass is 9.91. The van der Waals surface area contributed by atoms with Crippen molar-refractivity contribution in [1.29, 1.82) is 0 Å². The molecule has 0 aromatic heterocycles. The Morgan fingerprint density at radius 1 is 0.667 bits per heavy atom. The molecule has 4 aromatic carbocycles. The van der Waals surface area contributed by atoms with E-state index in [1.165, 1.54) is 16.4 Å². The molecule has 366 valence electrons. The lowest BCUT2D eigenvalue weighted by Gasteiger charge is -2.27. The highest BCUT2D eigenvalue weighted by Gasteiger charge is 2.32. The second-order valence-electron chi connectivity index (χ2n) is 21.0. The summed E-state index contributed by atoms with van der Waals surface area (Å²) in [5.41, 5.74) is 8.63. The zero-order valence-corrected chi connectivity index (χ0v) is 43.4. The van der Waals surface area contributed by atoms with Gasteiger partial charge in [0.15, 0.2) is 0 Å². The molecule has 0 atom stereocenters. The number of rotatable bonds is 11. The predicted octanol–water partition coefficient (Wildman–Crippen LogP) is 12.2.